The maximum Gasteiger partial charge on any atom is 0.266 e. The van der Waals surface area contributed by atoms with E-state index < -0.39 is 18.1 Å². The second-order valence-corrected chi connectivity index (χ2v) is 9.86. The first-order chi connectivity index (χ1) is 16.6. The molecule has 3 aliphatic heterocycles. The highest BCUT2D eigenvalue weighted by Crippen LogP contribution is 2.48. The zero-order valence-corrected chi connectivity index (χ0v) is 19.7. The van der Waals surface area contributed by atoms with Crippen LogP contribution in [-0.4, -0.2) is 44.2 Å². The first-order valence-corrected chi connectivity index (χ1v) is 12.4. The lowest BCUT2D eigenvalue weighted by atomic mass is 9.95. The van der Waals surface area contributed by atoms with Crippen molar-refractivity contribution in [2.24, 2.45) is 5.92 Å². The third kappa shape index (κ3) is 3.58. The van der Waals surface area contributed by atoms with Gasteiger partial charge < -0.3 is 9.64 Å². The molecule has 1 aromatic heterocycles. The van der Waals surface area contributed by atoms with Gasteiger partial charge in [0.05, 0.1) is 24.6 Å². The van der Waals surface area contributed by atoms with E-state index in [4.69, 9.17) is 21.2 Å². The average molecular weight is 496 g/mol. The van der Waals surface area contributed by atoms with Gasteiger partial charge in [0, 0.05) is 28.7 Å². The van der Waals surface area contributed by atoms with Gasteiger partial charge >= 0.3 is 0 Å². The van der Waals surface area contributed by atoms with Crippen molar-refractivity contribution in [3.8, 4) is 0 Å². The van der Waals surface area contributed by atoms with Gasteiger partial charge in [-0.25, -0.2) is 9.96 Å². The van der Waals surface area contributed by atoms with E-state index in [9.17, 15) is 9.59 Å². The van der Waals surface area contributed by atoms with Crippen molar-refractivity contribution in [2.45, 2.75) is 12.1 Å². The zero-order chi connectivity index (χ0) is 23.2. The van der Waals surface area contributed by atoms with Crippen LogP contribution in [0.3, 0.4) is 0 Å². The third-order valence-electron chi connectivity index (χ3n) is 6.52. The number of thiophene rings is 1. The number of carbonyl (C=O) groups is 2. The third-order valence-corrected chi connectivity index (χ3v) is 7.71. The number of carbonyl (C=O) groups excluding carboxylic acids is 2. The Morgan fingerprint density at radius 1 is 0.853 bits per heavy atom. The summed E-state index contributed by atoms with van der Waals surface area (Å²) >= 11 is 7.61. The molecule has 7 nitrogen and oxygen atoms in total. The van der Waals surface area contributed by atoms with E-state index in [2.05, 4.69) is 4.90 Å². The molecule has 2 aromatic carbocycles. The van der Waals surface area contributed by atoms with Gasteiger partial charge in [-0.1, -0.05) is 17.7 Å². The number of rotatable bonds is 4. The minimum Gasteiger partial charge on any atom is -0.378 e. The molecule has 3 fully saturated rings. The number of halogens is 1. The van der Waals surface area contributed by atoms with Crippen LogP contribution < -0.4 is 14.9 Å². The van der Waals surface area contributed by atoms with Gasteiger partial charge in [0.25, 0.3) is 5.91 Å². The highest BCUT2D eigenvalue weighted by Gasteiger charge is 2.60. The monoisotopic (exact) mass is 495 g/mol. The second-order valence-electron chi connectivity index (χ2n) is 8.44. The van der Waals surface area contributed by atoms with Gasteiger partial charge in [-0.2, -0.15) is 0 Å². The number of ether oxygens (including phenoxy) is 1. The Kier molecular flexibility index (Phi) is 5.53. The number of nitrogens with zero attached hydrogens (tertiary/aromatic N) is 3. The summed E-state index contributed by atoms with van der Waals surface area (Å²) in [6.07, 6.45) is -0.880. The molecular weight excluding hydrogens is 474 g/mol. The zero-order valence-electron chi connectivity index (χ0n) is 18.2. The van der Waals surface area contributed by atoms with Crippen molar-refractivity contribution in [3.63, 3.8) is 0 Å². The number of hydrogen-bond donors (Lipinski definition) is 0. The summed E-state index contributed by atoms with van der Waals surface area (Å²) in [6, 6.07) is 18.3. The van der Waals surface area contributed by atoms with Gasteiger partial charge in [-0.05, 0) is 60.0 Å². The van der Waals surface area contributed by atoms with Crippen LogP contribution in [0, 0.1) is 5.92 Å². The molecule has 9 heteroatoms. The maximum absolute atomic E-state index is 13.7. The quantitative estimate of drug-likeness (QED) is 0.503. The fourth-order valence-electron chi connectivity index (χ4n) is 4.86. The number of hydrogen-bond acceptors (Lipinski definition) is 7. The normalized spacial score (nSPS) is 24.7. The Labute approximate surface area is 206 Å². The smallest absolute Gasteiger partial charge is 0.266 e. The van der Waals surface area contributed by atoms with Crippen molar-refractivity contribution in [1.82, 2.24) is 0 Å². The number of benzene rings is 2. The lowest BCUT2D eigenvalue weighted by Gasteiger charge is -2.29. The number of hydroxylamine groups is 1. The average Bonchev–Trinajstić information content (AvgIpc) is 3.58. The predicted molar refractivity (Wildman–Crippen MR) is 131 cm³/mol. The van der Waals surface area contributed by atoms with Crippen LogP contribution in [0.15, 0.2) is 66.0 Å². The molecule has 0 unspecified atom stereocenters. The number of imide groups is 1. The molecule has 0 aliphatic carbocycles. The van der Waals surface area contributed by atoms with Gasteiger partial charge in [0.1, 0.15) is 12.0 Å². The van der Waals surface area contributed by atoms with Gasteiger partial charge in [0.15, 0.2) is 6.10 Å². The molecule has 2 amide bonds. The molecule has 174 valence electrons. The van der Waals surface area contributed by atoms with Crippen LogP contribution in [0.25, 0.3) is 0 Å². The summed E-state index contributed by atoms with van der Waals surface area (Å²) in [7, 11) is 0. The van der Waals surface area contributed by atoms with Gasteiger partial charge in [0.2, 0.25) is 5.91 Å². The summed E-state index contributed by atoms with van der Waals surface area (Å²) in [5.41, 5.74) is 2.36. The van der Waals surface area contributed by atoms with E-state index in [1.165, 1.54) is 4.90 Å². The highest BCUT2D eigenvalue weighted by atomic mass is 35.5. The minimum absolute atomic E-state index is 0.246. The van der Waals surface area contributed by atoms with Crippen LogP contribution in [0.1, 0.15) is 10.9 Å². The Morgan fingerprint density at radius 3 is 2.21 bits per heavy atom. The van der Waals surface area contributed by atoms with Crippen LogP contribution in [0.5, 0.6) is 0 Å². The standard InChI is InChI=1S/C25H22ClN3O4S/c26-16-3-5-19(6-4-16)29-22(20-2-1-15-34-20)21-23(33-29)25(31)28(24(21)30)18-9-7-17(8-10-18)27-11-13-32-14-12-27/h1-10,15,21-23H,11-14H2/t21-,22+,23+/m0/s1. The first-order valence-electron chi connectivity index (χ1n) is 11.2. The Hall–Kier alpha value is -2.91. The van der Waals surface area contributed by atoms with Crippen molar-refractivity contribution < 1.29 is 19.2 Å². The summed E-state index contributed by atoms with van der Waals surface area (Å²) in [4.78, 5) is 37.8. The maximum atomic E-state index is 13.7. The Morgan fingerprint density at radius 2 is 1.53 bits per heavy atom. The fourth-order valence-corrected chi connectivity index (χ4v) is 5.84. The largest absolute Gasteiger partial charge is 0.378 e. The van der Waals surface area contributed by atoms with Gasteiger partial charge in [-0.15, -0.1) is 11.3 Å². The van der Waals surface area contributed by atoms with E-state index in [-0.39, 0.29) is 11.8 Å². The number of fused-ring (bicyclic) bond motifs is 1. The molecule has 4 heterocycles. The molecule has 3 atom stereocenters. The fraction of sp³-hybridized carbons (Fsp3) is 0.280. The van der Waals surface area contributed by atoms with E-state index in [1.54, 1.807) is 28.5 Å². The van der Waals surface area contributed by atoms with E-state index in [0.717, 1.165) is 29.3 Å². The summed E-state index contributed by atoms with van der Waals surface area (Å²) in [6.45, 7) is 3.03. The summed E-state index contributed by atoms with van der Waals surface area (Å²) in [5, 5.41) is 4.26. The minimum atomic E-state index is -0.880. The number of anilines is 3. The van der Waals surface area contributed by atoms with E-state index in [1.807, 2.05) is 53.9 Å². The molecule has 3 aliphatic rings. The Balaban J connectivity index is 1.31. The summed E-state index contributed by atoms with van der Waals surface area (Å²) < 4.78 is 5.42. The molecule has 0 bridgehead atoms. The first kappa shape index (κ1) is 21.6. The molecule has 3 saturated heterocycles. The van der Waals surface area contributed by atoms with Crippen LogP contribution in [0.4, 0.5) is 17.1 Å². The van der Waals surface area contributed by atoms with Crippen LogP contribution in [-0.2, 0) is 19.2 Å². The molecular formula is C25H22ClN3O4S. The molecule has 0 spiro atoms. The van der Waals surface area contributed by atoms with Crippen LogP contribution >= 0.6 is 22.9 Å². The molecule has 0 N–H and O–H groups in total. The molecule has 0 saturated carbocycles. The highest BCUT2D eigenvalue weighted by molar-refractivity contribution is 7.10. The van der Waals surface area contributed by atoms with E-state index >= 15 is 0 Å². The lowest BCUT2D eigenvalue weighted by molar-refractivity contribution is -0.126. The molecule has 6 rings (SSSR count). The number of morpholine rings is 1. The summed E-state index contributed by atoms with van der Waals surface area (Å²) in [5.74, 6) is -1.23. The van der Waals surface area contributed by atoms with E-state index in [0.29, 0.717) is 23.9 Å². The SMILES string of the molecule is O=C1[C@H]2[C@@H](c3cccs3)N(c3ccc(Cl)cc3)O[C@H]2C(=O)N1c1ccc(N2CCOCC2)cc1. The Bertz CT molecular complexity index is 1200. The number of amides is 2. The lowest BCUT2D eigenvalue weighted by Crippen LogP contribution is -2.37. The molecule has 3 aromatic rings. The van der Waals surface area contributed by atoms with Crippen LogP contribution in [0.2, 0.25) is 5.02 Å². The van der Waals surface area contributed by atoms with Crippen molar-refractivity contribution in [1.29, 1.82) is 0 Å². The van der Waals surface area contributed by atoms with Crippen molar-refractivity contribution in [2.75, 3.05) is 41.2 Å². The molecule has 34 heavy (non-hydrogen) atoms. The van der Waals surface area contributed by atoms with Gasteiger partial charge in [-0.3, -0.25) is 14.4 Å². The molecule has 0 radical (unpaired) electrons. The topological polar surface area (TPSA) is 62.3 Å². The predicted octanol–water partition coefficient (Wildman–Crippen LogP) is 4.29. The second kappa shape index (κ2) is 8.70. The van der Waals surface area contributed by atoms with Crippen molar-refractivity contribution in [3.05, 3.63) is 75.9 Å². The van der Waals surface area contributed by atoms with Crippen molar-refractivity contribution >= 4 is 51.8 Å².